The van der Waals surface area contributed by atoms with E-state index in [1.165, 1.54) is 0 Å². The molecule has 2 aromatic heterocycles. The molecule has 7 nitrogen and oxygen atoms in total. The molecule has 0 spiro atoms. The third-order valence-electron chi connectivity index (χ3n) is 3.62. The maximum Gasteiger partial charge on any atom is 0.218 e. The molecule has 3 rings (SSSR count). The van der Waals surface area contributed by atoms with Crippen LogP contribution in [-0.4, -0.2) is 53.0 Å². The molecule has 0 radical (unpaired) electrons. The van der Waals surface area contributed by atoms with Crippen LogP contribution < -0.4 is 14.5 Å². The highest BCUT2D eigenvalue weighted by Gasteiger charge is 2.17. The van der Waals surface area contributed by atoms with Crippen LogP contribution in [0.4, 0.5) is 11.6 Å². The van der Waals surface area contributed by atoms with Crippen LogP contribution >= 0.6 is 0 Å². The Morgan fingerprint density at radius 2 is 1.91 bits per heavy atom. The molecule has 0 unspecified atom stereocenters. The molecule has 22 heavy (non-hydrogen) atoms. The van der Waals surface area contributed by atoms with Crippen molar-refractivity contribution in [2.75, 3.05) is 42.6 Å². The molecule has 0 N–H and O–H groups in total. The molecule has 0 aromatic carbocycles. The van der Waals surface area contributed by atoms with Gasteiger partial charge in [0.1, 0.15) is 12.1 Å². The summed E-state index contributed by atoms with van der Waals surface area (Å²) in [6.07, 6.45) is 4.31. The van der Waals surface area contributed by atoms with Crippen molar-refractivity contribution in [3.63, 3.8) is 0 Å². The first-order valence-corrected chi connectivity index (χ1v) is 7.59. The van der Waals surface area contributed by atoms with Gasteiger partial charge in [-0.2, -0.15) is 5.10 Å². The first kappa shape index (κ1) is 14.5. The normalized spacial score (nSPS) is 15.5. The second-order valence-corrected chi connectivity index (χ2v) is 5.06. The van der Waals surface area contributed by atoms with Gasteiger partial charge in [0.05, 0.1) is 6.61 Å². The van der Waals surface area contributed by atoms with Crippen LogP contribution in [0.25, 0.3) is 0 Å². The molecule has 0 amide bonds. The van der Waals surface area contributed by atoms with Gasteiger partial charge in [-0.15, -0.1) is 5.10 Å². The molecule has 0 aliphatic carbocycles. The highest BCUT2D eigenvalue weighted by atomic mass is 16.5. The van der Waals surface area contributed by atoms with Gasteiger partial charge in [-0.3, -0.25) is 0 Å². The Kier molecular flexibility index (Phi) is 4.62. The Labute approximate surface area is 130 Å². The molecule has 1 saturated heterocycles. The lowest BCUT2D eigenvalue weighted by Gasteiger charge is -2.23. The van der Waals surface area contributed by atoms with Crippen molar-refractivity contribution in [2.24, 2.45) is 0 Å². The molecule has 2 aromatic rings. The van der Waals surface area contributed by atoms with E-state index in [0.29, 0.717) is 12.5 Å². The smallest absolute Gasteiger partial charge is 0.218 e. The number of anilines is 2. The van der Waals surface area contributed by atoms with Crippen molar-refractivity contribution in [3.05, 3.63) is 30.7 Å². The summed E-state index contributed by atoms with van der Waals surface area (Å²) >= 11 is 0. The largest absolute Gasteiger partial charge is 0.478 e. The summed E-state index contributed by atoms with van der Waals surface area (Å²) in [5.41, 5.74) is 0. The SMILES string of the molecule is CCOc1cc(N2CCCN(c3cccnn3)CC2)ncn1. The average molecular weight is 300 g/mol. The fraction of sp³-hybridized carbons (Fsp3) is 0.467. The number of hydrogen-bond acceptors (Lipinski definition) is 7. The molecule has 0 saturated carbocycles. The summed E-state index contributed by atoms with van der Waals surface area (Å²) in [4.78, 5) is 13.0. The van der Waals surface area contributed by atoms with Crippen LogP contribution in [0, 0.1) is 0 Å². The second-order valence-electron chi connectivity index (χ2n) is 5.06. The molecule has 116 valence electrons. The van der Waals surface area contributed by atoms with Crippen LogP contribution in [0.5, 0.6) is 5.88 Å². The summed E-state index contributed by atoms with van der Waals surface area (Å²) in [6, 6.07) is 5.83. The highest BCUT2D eigenvalue weighted by Crippen LogP contribution is 2.19. The van der Waals surface area contributed by atoms with Crippen molar-refractivity contribution in [3.8, 4) is 5.88 Å². The van der Waals surface area contributed by atoms with Crippen molar-refractivity contribution in [1.29, 1.82) is 0 Å². The third-order valence-corrected chi connectivity index (χ3v) is 3.62. The Bertz CT molecular complexity index is 594. The first-order chi connectivity index (χ1) is 10.9. The van der Waals surface area contributed by atoms with E-state index in [1.807, 2.05) is 25.1 Å². The average Bonchev–Trinajstić information content (AvgIpc) is 2.82. The number of ether oxygens (including phenoxy) is 1. The minimum atomic E-state index is 0.608. The van der Waals surface area contributed by atoms with Crippen LogP contribution in [-0.2, 0) is 0 Å². The van der Waals surface area contributed by atoms with Crippen LogP contribution in [0.15, 0.2) is 30.7 Å². The van der Waals surface area contributed by atoms with Crippen LogP contribution in [0.3, 0.4) is 0 Å². The van der Waals surface area contributed by atoms with Crippen molar-refractivity contribution in [1.82, 2.24) is 20.2 Å². The molecule has 1 aliphatic rings. The lowest BCUT2D eigenvalue weighted by molar-refractivity contribution is 0.326. The zero-order chi connectivity index (χ0) is 15.2. The predicted molar refractivity (Wildman–Crippen MR) is 84.3 cm³/mol. The van der Waals surface area contributed by atoms with E-state index in [9.17, 15) is 0 Å². The maximum atomic E-state index is 5.45. The molecule has 0 bridgehead atoms. The van der Waals surface area contributed by atoms with Crippen molar-refractivity contribution in [2.45, 2.75) is 13.3 Å². The number of rotatable bonds is 4. The Morgan fingerprint density at radius 1 is 1.09 bits per heavy atom. The van der Waals surface area contributed by atoms with Gasteiger partial charge in [-0.05, 0) is 25.5 Å². The van der Waals surface area contributed by atoms with Gasteiger partial charge in [-0.25, -0.2) is 9.97 Å². The van der Waals surface area contributed by atoms with Gasteiger partial charge in [0.2, 0.25) is 5.88 Å². The Balaban J connectivity index is 1.69. The zero-order valence-electron chi connectivity index (χ0n) is 12.7. The highest BCUT2D eigenvalue weighted by molar-refractivity contribution is 5.43. The van der Waals surface area contributed by atoms with E-state index in [-0.39, 0.29) is 0 Å². The quantitative estimate of drug-likeness (QED) is 0.845. The van der Waals surface area contributed by atoms with Gasteiger partial charge in [0.25, 0.3) is 0 Å². The van der Waals surface area contributed by atoms with E-state index in [2.05, 4.69) is 30.0 Å². The van der Waals surface area contributed by atoms with Gasteiger partial charge in [0.15, 0.2) is 5.82 Å². The fourth-order valence-electron chi connectivity index (χ4n) is 2.57. The summed E-state index contributed by atoms with van der Waals surface area (Å²) in [6.45, 7) is 6.27. The van der Waals surface area contributed by atoms with E-state index in [1.54, 1.807) is 12.5 Å². The number of hydrogen-bond donors (Lipinski definition) is 0. The Hall–Kier alpha value is -2.44. The van der Waals surface area contributed by atoms with Gasteiger partial charge >= 0.3 is 0 Å². The van der Waals surface area contributed by atoms with Crippen molar-refractivity contribution < 1.29 is 4.74 Å². The van der Waals surface area contributed by atoms with E-state index in [4.69, 9.17) is 4.74 Å². The predicted octanol–water partition coefficient (Wildman–Crippen LogP) is 1.38. The lowest BCUT2D eigenvalue weighted by Crippen LogP contribution is -2.31. The Morgan fingerprint density at radius 3 is 2.64 bits per heavy atom. The van der Waals surface area contributed by atoms with Gasteiger partial charge in [0, 0.05) is 38.4 Å². The number of aromatic nitrogens is 4. The maximum absolute atomic E-state index is 5.45. The monoisotopic (exact) mass is 300 g/mol. The standard InChI is InChI=1S/C15H20N6O/c1-2-22-15-11-14(16-12-17-15)21-8-4-7-20(9-10-21)13-5-3-6-18-19-13/h3,5-6,11-12H,2,4,7-10H2,1H3. The summed E-state index contributed by atoms with van der Waals surface area (Å²) in [5, 5.41) is 8.15. The zero-order valence-corrected chi connectivity index (χ0v) is 12.7. The third kappa shape index (κ3) is 3.41. The summed E-state index contributed by atoms with van der Waals surface area (Å²) in [5.74, 6) is 2.48. The molecular formula is C15H20N6O. The fourth-order valence-corrected chi connectivity index (χ4v) is 2.57. The second kappa shape index (κ2) is 7.02. The first-order valence-electron chi connectivity index (χ1n) is 7.59. The molecule has 7 heteroatoms. The molecule has 0 atom stereocenters. The molecule has 3 heterocycles. The number of nitrogens with zero attached hydrogens (tertiary/aromatic N) is 6. The van der Waals surface area contributed by atoms with E-state index >= 15 is 0 Å². The van der Waals surface area contributed by atoms with Gasteiger partial charge < -0.3 is 14.5 Å². The van der Waals surface area contributed by atoms with Gasteiger partial charge in [-0.1, -0.05) is 0 Å². The topological polar surface area (TPSA) is 67.3 Å². The van der Waals surface area contributed by atoms with Crippen molar-refractivity contribution >= 4 is 11.6 Å². The summed E-state index contributed by atoms with van der Waals surface area (Å²) < 4.78 is 5.45. The van der Waals surface area contributed by atoms with Crippen LogP contribution in [0.1, 0.15) is 13.3 Å². The lowest BCUT2D eigenvalue weighted by atomic mass is 10.3. The van der Waals surface area contributed by atoms with E-state index in [0.717, 1.165) is 44.2 Å². The minimum Gasteiger partial charge on any atom is -0.478 e. The van der Waals surface area contributed by atoms with E-state index < -0.39 is 0 Å². The minimum absolute atomic E-state index is 0.608. The molecule has 1 aliphatic heterocycles. The molecule has 1 fully saturated rings. The summed E-state index contributed by atoms with van der Waals surface area (Å²) in [7, 11) is 0. The molecular weight excluding hydrogens is 280 g/mol. The van der Waals surface area contributed by atoms with Crippen LogP contribution in [0.2, 0.25) is 0 Å².